The summed E-state index contributed by atoms with van der Waals surface area (Å²) in [5, 5.41) is 2.33. The Morgan fingerprint density at radius 3 is 2.43 bits per heavy atom. The highest BCUT2D eigenvalue weighted by atomic mass is 35.5. The van der Waals surface area contributed by atoms with Gasteiger partial charge in [0, 0.05) is 25.6 Å². The molecule has 2 unspecified atom stereocenters. The molecular formula is C23H31ClN2O2. The van der Waals surface area contributed by atoms with Gasteiger partial charge in [-0.05, 0) is 72.1 Å². The summed E-state index contributed by atoms with van der Waals surface area (Å²) < 4.78 is 5.29. The van der Waals surface area contributed by atoms with Crippen molar-refractivity contribution < 1.29 is 9.53 Å². The van der Waals surface area contributed by atoms with Crippen molar-refractivity contribution in [3.8, 4) is 5.75 Å². The molecule has 152 valence electrons. The van der Waals surface area contributed by atoms with Gasteiger partial charge in [0.15, 0.2) is 0 Å². The van der Waals surface area contributed by atoms with Crippen LogP contribution in [0, 0.1) is 17.8 Å². The third-order valence-corrected chi connectivity index (χ3v) is 6.67. The fourth-order valence-corrected chi connectivity index (χ4v) is 5.15. The number of benzene rings is 2. The largest absolute Gasteiger partial charge is 0.497 e. The molecular weight excluding hydrogens is 372 g/mol. The molecule has 2 atom stereocenters. The van der Waals surface area contributed by atoms with Crippen LogP contribution in [0.15, 0.2) is 36.4 Å². The zero-order valence-corrected chi connectivity index (χ0v) is 17.6. The van der Waals surface area contributed by atoms with Crippen molar-refractivity contribution in [1.29, 1.82) is 0 Å². The van der Waals surface area contributed by atoms with E-state index in [0.29, 0.717) is 24.4 Å². The van der Waals surface area contributed by atoms with Gasteiger partial charge in [0.25, 0.3) is 0 Å². The van der Waals surface area contributed by atoms with Crippen LogP contribution in [-0.2, 0) is 11.3 Å². The number of methoxy groups -OCH3 is 1. The average molecular weight is 403 g/mol. The van der Waals surface area contributed by atoms with Crippen LogP contribution < -0.4 is 10.5 Å². The van der Waals surface area contributed by atoms with Gasteiger partial charge in [-0.15, -0.1) is 12.4 Å². The van der Waals surface area contributed by atoms with Gasteiger partial charge in [0.2, 0.25) is 5.91 Å². The Balaban J connectivity index is 0.00000225. The van der Waals surface area contributed by atoms with Gasteiger partial charge in [-0.25, -0.2) is 0 Å². The molecule has 0 spiro atoms. The molecule has 0 aliphatic heterocycles. The van der Waals surface area contributed by atoms with Gasteiger partial charge in [0.1, 0.15) is 5.75 Å². The number of hydrogen-bond donors (Lipinski definition) is 1. The Labute approximate surface area is 173 Å². The number of ether oxygens (including phenoxy) is 1. The van der Waals surface area contributed by atoms with Gasteiger partial charge in [-0.2, -0.15) is 0 Å². The molecule has 2 aromatic carbocycles. The topological polar surface area (TPSA) is 55.6 Å². The molecule has 2 aliphatic carbocycles. The third kappa shape index (κ3) is 4.13. The monoisotopic (exact) mass is 402 g/mol. The molecule has 5 heteroatoms. The Morgan fingerprint density at radius 2 is 1.75 bits per heavy atom. The first-order valence-electron chi connectivity index (χ1n) is 10.1. The number of amides is 1. The molecule has 0 saturated heterocycles. The second kappa shape index (κ2) is 8.71. The molecule has 2 aliphatic rings. The summed E-state index contributed by atoms with van der Waals surface area (Å²) in [6, 6.07) is 12.8. The molecule has 2 N–H and O–H groups in total. The van der Waals surface area contributed by atoms with Crippen LogP contribution in [0.25, 0.3) is 10.8 Å². The lowest BCUT2D eigenvalue weighted by molar-refractivity contribution is -0.137. The first-order chi connectivity index (χ1) is 13.0. The smallest absolute Gasteiger partial charge is 0.225 e. The number of halogens is 1. The van der Waals surface area contributed by atoms with Crippen LogP contribution in [0.5, 0.6) is 5.75 Å². The van der Waals surface area contributed by atoms with Gasteiger partial charge >= 0.3 is 0 Å². The van der Waals surface area contributed by atoms with Gasteiger partial charge in [-0.3, -0.25) is 4.79 Å². The quantitative estimate of drug-likeness (QED) is 0.825. The number of hydrogen-bond acceptors (Lipinski definition) is 3. The fourth-order valence-electron chi connectivity index (χ4n) is 5.15. The second-order valence-electron chi connectivity index (χ2n) is 8.44. The lowest BCUT2D eigenvalue weighted by atomic mass is 9.65. The summed E-state index contributed by atoms with van der Waals surface area (Å²) in [7, 11) is 3.62. The van der Waals surface area contributed by atoms with Crippen LogP contribution >= 0.6 is 12.4 Å². The van der Waals surface area contributed by atoms with Crippen LogP contribution in [0.3, 0.4) is 0 Å². The Morgan fingerprint density at radius 1 is 1.11 bits per heavy atom. The molecule has 4 nitrogen and oxygen atoms in total. The highest BCUT2D eigenvalue weighted by molar-refractivity contribution is 5.85. The van der Waals surface area contributed by atoms with Crippen molar-refractivity contribution in [2.24, 2.45) is 23.5 Å². The minimum Gasteiger partial charge on any atom is -0.497 e. The summed E-state index contributed by atoms with van der Waals surface area (Å²) in [5.41, 5.74) is 7.55. The molecule has 2 aromatic rings. The van der Waals surface area contributed by atoms with E-state index in [-0.39, 0.29) is 24.2 Å². The van der Waals surface area contributed by atoms with Crippen LogP contribution in [0.4, 0.5) is 0 Å². The van der Waals surface area contributed by atoms with E-state index in [1.54, 1.807) is 7.11 Å². The normalized spacial score (nSPS) is 26.4. The van der Waals surface area contributed by atoms with E-state index >= 15 is 0 Å². The summed E-state index contributed by atoms with van der Waals surface area (Å²) in [6.07, 6.45) is 5.61. The molecule has 4 rings (SSSR count). The number of nitrogens with two attached hydrogens (primary N) is 1. The summed E-state index contributed by atoms with van der Waals surface area (Å²) in [5.74, 6) is 2.37. The number of nitrogens with zero attached hydrogens (tertiary/aromatic N) is 1. The van der Waals surface area contributed by atoms with E-state index in [0.717, 1.165) is 29.5 Å². The molecule has 2 fully saturated rings. The predicted molar refractivity (Wildman–Crippen MR) is 116 cm³/mol. The van der Waals surface area contributed by atoms with Gasteiger partial charge in [0.05, 0.1) is 7.11 Å². The maximum Gasteiger partial charge on any atom is 0.225 e. The molecule has 28 heavy (non-hydrogen) atoms. The standard InChI is InChI=1S/C23H30N2O2.ClH/c1-25(23(26)20-11-18-4-3-5-19(12-20)22(18)24)14-15-6-7-17-13-21(27-2)9-8-16(17)10-15;/h6-10,13,18-20,22H,3-5,11-12,14,24H2,1-2H3;1H. The van der Waals surface area contributed by atoms with Crippen molar-refractivity contribution in [2.45, 2.75) is 44.7 Å². The van der Waals surface area contributed by atoms with Crippen molar-refractivity contribution in [1.82, 2.24) is 4.90 Å². The van der Waals surface area contributed by atoms with Crippen molar-refractivity contribution in [2.75, 3.05) is 14.2 Å². The first-order valence-corrected chi connectivity index (χ1v) is 10.1. The number of fused-ring (bicyclic) bond motifs is 3. The highest BCUT2D eigenvalue weighted by Gasteiger charge is 2.41. The van der Waals surface area contributed by atoms with E-state index in [4.69, 9.17) is 10.5 Å². The summed E-state index contributed by atoms with van der Waals surface area (Å²) >= 11 is 0. The van der Waals surface area contributed by atoms with E-state index in [2.05, 4.69) is 24.3 Å². The van der Waals surface area contributed by atoms with E-state index in [9.17, 15) is 4.79 Å². The van der Waals surface area contributed by atoms with Crippen LogP contribution in [0.1, 0.15) is 37.7 Å². The second-order valence-corrected chi connectivity index (χ2v) is 8.44. The van der Waals surface area contributed by atoms with Crippen molar-refractivity contribution in [3.63, 3.8) is 0 Å². The lowest BCUT2D eigenvalue weighted by Gasteiger charge is -2.44. The zero-order valence-electron chi connectivity index (χ0n) is 16.8. The molecule has 0 heterocycles. The van der Waals surface area contributed by atoms with Gasteiger partial charge < -0.3 is 15.4 Å². The first kappa shape index (κ1) is 20.9. The molecule has 0 aromatic heterocycles. The van der Waals surface area contributed by atoms with Crippen molar-refractivity contribution in [3.05, 3.63) is 42.0 Å². The fraction of sp³-hybridized carbons (Fsp3) is 0.522. The minimum atomic E-state index is 0. The van der Waals surface area contributed by atoms with Crippen molar-refractivity contribution >= 4 is 29.1 Å². The lowest BCUT2D eigenvalue weighted by Crippen LogP contribution is -2.49. The molecule has 1 amide bonds. The SMILES string of the molecule is COc1ccc2cc(CN(C)C(=O)C3CC4CCCC(C3)C4N)ccc2c1.Cl. The van der Waals surface area contributed by atoms with Crippen LogP contribution in [-0.4, -0.2) is 31.0 Å². The number of carbonyl (C=O) groups is 1. The van der Waals surface area contributed by atoms with E-state index in [1.165, 1.54) is 24.6 Å². The minimum absolute atomic E-state index is 0. The Bertz CT molecular complexity index is 826. The maximum absolute atomic E-state index is 13.1. The Hall–Kier alpha value is -1.78. The van der Waals surface area contributed by atoms with E-state index < -0.39 is 0 Å². The predicted octanol–water partition coefficient (Wildman–Crippen LogP) is 4.38. The summed E-state index contributed by atoms with van der Waals surface area (Å²) in [4.78, 5) is 15.0. The summed E-state index contributed by atoms with van der Waals surface area (Å²) in [6.45, 7) is 0.651. The number of carbonyl (C=O) groups excluding carboxylic acids is 1. The highest BCUT2D eigenvalue weighted by Crippen LogP contribution is 2.42. The zero-order chi connectivity index (χ0) is 19.0. The third-order valence-electron chi connectivity index (χ3n) is 6.67. The number of rotatable bonds is 4. The average Bonchev–Trinajstić information content (AvgIpc) is 2.66. The maximum atomic E-state index is 13.1. The molecule has 2 bridgehead atoms. The molecule has 2 saturated carbocycles. The Kier molecular flexibility index (Phi) is 6.51. The van der Waals surface area contributed by atoms with E-state index in [1.807, 2.05) is 24.1 Å². The molecule has 0 radical (unpaired) electrons. The van der Waals surface area contributed by atoms with Crippen LogP contribution in [0.2, 0.25) is 0 Å². The van der Waals surface area contributed by atoms with Gasteiger partial charge in [-0.1, -0.05) is 24.6 Å².